The summed E-state index contributed by atoms with van der Waals surface area (Å²) in [5.74, 6) is 0. The van der Waals surface area contributed by atoms with Crippen LogP contribution in [0.25, 0.3) is 0 Å². The Morgan fingerprint density at radius 1 is 1.55 bits per heavy atom. The van der Waals surface area contributed by atoms with E-state index in [1.165, 1.54) is 6.42 Å². The second-order valence-electron chi connectivity index (χ2n) is 3.17. The minimum atomic E-state index is -0.103. The van der Waals surface area contributed by atoms with Crippen molar-refractivity contribution in [1.82, 2.24) is 4.98 Å². The molecule has 2 N–H and O–H groups in total. The quantitative estimate of drug-likeness (QED) is 0.648. The predicted molar refractivity (Wildman–Crippen MR) is 42.8 cm³/mol. The van der Waals surface area contributed by atoms with E-state index in [9.17, 15) is 0 Å². The third-order valence-corrected chi connectivity index (χ3v) is 2.39. The van der Waals surface area contributed by atoms with Crippen molar-refractivity contribution in [2.24, 2.45) is 5.73 Å². The summed E-state index contributed by atoms with van der Waals surface area (Å²) in [6.45, 7) is 0. The lowest BCUT2D eigenvalue weighted by molar-refractivity contribution is 0.252. The fraction of sp³-hybridized carbons (Fsp3) is 0.444. The van der Waals surface area contributed by atoms with E-state index in [4.69, 9.17) is 5.73 Å². The van der Waals surface area contributed by atoms with E-state index >= 15 is 0 Å². The van der Waals surface area contributed by atoms with Gasteiger partial charge in [-0.3, -0.25) is 4.98 Å². The van der Waals surface area contributed by atoms with E-state index in [1.54, 1.807) is 6.20 Å². The summed E-state index contributed by atoms with van der Waals surface area (Å²) in [4.78, 5) is 3.93. The number of hydrogen-bond donors (Lipinski definition) is 1. The number of nitrogens with zero attached hydrogens (tertiary/aromatic N) is 1. The molecule has 1 heterocycles. The number of aromatic nitrogens is 1. The fourth-order valence-electron chi connectivity index (χ4n) is 1.43. The molecule has 1 aromatic heterocycles. The van der Waals surface area contributed by atoms with E-state index in [0.717, 1.165) is 18.4 Å². The Bertz CT molecular complexity index is 239. The summed E-state index contributed by atoms with van der Waals surface area (Å²) in [5.41, 5.74) is 7.01. The van der Waals surface area contributed by atoms with Gasteiger partial charge < -0.3 is 5.73 Å². The number of rotatable bonds is 1. The minimum Gasteiger partial charge on any atom is -0.321 e. The first kappa shape index (κ1) is 6.80. The summed E-state index contributed by atoms with van der Waals surface area (Å²) in [6.07, 6.45) is 8.06. The molecule has 0 amide bonds. The van der Waals surface area contributed by atoms with E-state index in [2.05, 4.69) is 11.2 Å². The van der Waals surface area contributed by atoms with Gasteiger partial charge in [0.25, 0.3) is 0 Å². The normalized spacial score (nSPS) is 20.8. The molecule has 1 saturated carbocycles. The van der Waals surface area contributed by atoms with Gasteiger partial charge in [0.1, 0.15) is 0 Å². The maximum Gasteiger partial charge on any atom is 0.0940 e. The molecular weight excluding hydrogens is 136 g/mol. The van der Waals surface area contributed by atoms with Gasteiger partial charge in [-0.05, 0) is 30.9 Å². The lowest BCUT2D eigenvalue weighted by Gasteiger charge is -2.37. The SMILES string of the molecule is NC1(c2[c]nccc2)CCC1. The Kier molecular flexibility index (Phi) is 1.43. The smallest absolute Gasteiger partial charge is 0.0940 e. The summed E-state index contributed by atoms with van der Waals surface area (Å²) >= 11 is 0. The zero-order chi connectivity index (χ0) is 7.73. The molecule has 0 spiro atoms. The van der Waals surface area contributed by atoms with Gasteiger partial charge in [0.05, 0.1) is 6.20 Å². The number of hydrogen-bond acceptors (Lipinski definition) is 2. The van der Waals surface area contributed by atoms with Gasteiger partial charge in [0.2, 0.25) is 0 Å². The third kappa shape index (κ3) is 1.03. The molecule has 0 unspecified atom stereocenters. The maximum atomic E-state index is 6.05. The highest BCUT2D eigenvalue weighted by molar-refractivity contribution is 5.21. The second-order valence-corrected chi connectivity index (χ2v) is 3.17. The Morgan fingerprint density at radius 3 is 2.82 bits per heavy atom. The first-order valence-electron chi connectivity index (χ1n) is 3.93. The van der Waals surface area contributed by atoms with E-state index in [1.807, 2.05) is 12.1 Å². The summed E-state index contributed by atoms with van der Waals surface area (Å²) in [6, 6.07) is 3.92. The van der Waals surface area contributed by atoms with Crippen molar-refractivity contribution in [3.8, 4) is 0 Å². The molecule has 57 valence electrons. The fourth-order valence-corrected chi connectivity index (χ4v) is 1.43. The molecule has 1 fully saturated rings. The van der Waals surface area contributed by atoms with Gasteiger partial charge in [-0.1, -0.05) is 6.07 Å². The molecule has 1 aromatic rings. The molecule has 2 heteroatoms. The van der Waals surface area contributed by atoms with Crippen LogP contribution in [0.15, 0.2) is 18.3 Å². The monoisotopic (exact) mass is 147 g/mol. The summed E-state index contributed by atoms with van der Waals surface area (Å²) in [7, 11) is 0. The zero-order valence-corrected chi connectivity index (χ0v) is 6.38. The van der Waals surface area contributed by atoms with Crippen molar-refractivity contribution in [1.29, 1.82) is 0 Å². The molecule has 0 saturated heterocycles. The Balaban J connectivity index is 2.29. The van der Waals surface area contributed by atoms with Crippen LogP contribution in [-0.2, 0) is 5.54 Å². The lowest BCUT2D eigenvalue weighted by Crippen LogP contribution is -2.43. The highest BCUT2D eigenvalue weighted by Crippen LogP contribution is 2.37. The molecule has 11 heavy (non-hydrogen) atoms. The topological polar surface area (TPSA) is 38.9 Å². The summed E-state index contributed by atoms with van der Waals surface area (Å²) < 4.78 is 0. The molecule has 2 nitrogen and oxygen atoms in total. The molecule has 0 aromatic carbocycles. The van der Waals surface area contributed by atoms with Gasteiger partial charge >= 0.3 is 0 Å². The van der Waals surface area contributed by atoms with Crippen LogP contribution in [0, 0.1) is 6.20 Å². The molecule has 1 aliphatic rings. The van der Waals surface area contributed by atoms with Gasteiger partial charge in [0, 0.05) is 11.7 Å². The van der Waals surface area contributed by atoms with E-state index in [0.29, 0.717) is 0 Å². The van der Waals surface area contributed by atoms with Crippen LogP contribution in [0.4, 0.5) is 0 Å². The largest absolute Gasteiger partial charge is 0.321 e. The van der Waals surface area contributed by atoms with Crippen LogP contribution in [0.1, 0.15) is 24.8 Å². The van der Waals surface area contributed by atoms with Crippen molar-refractivity contribution in [2.45, 2.75) is 24.8 Å². The van der Waals surface area contributed by atoms with Gasteiger partial charge in [-0.15, -0.1) is 0 Å². The average Bonchev–Trinajstić information content (AvgIpc) is 2.02. The van der Waals surface area contributed by atoms with Crippen LogP contribution < -0.4 is 5.73 Å². The first-order chi connectivity index (χ1) is 5.31. The zero-order valence-electron chi connectivity index (χ0n) is 6.38. The van der Waals surface area contributed by atoms with Crippen molar-refractivity contribution in [2.75, 3.05) is 0 Å². The average molecular weight is 147 g/mol. The van der Waals surface area contributed by atoms with Crippen LogP contribution in [0.3, 0.4) is 0 Å². The van der Waals surface area contributed by atoms with Crippen molar-refractivity contribution in [3.05, 3.63) is 30.1 Å². The Hall–Kier alpha value is -0.890. The van der Waals surface area contributed by atoms with E-state index < -0.39 is 0 Å². The lowest BCUT2D eigenvalue weighted by atomic mass is 9.73. The Morgan fingerprint density at radius 2 is 2.36 bits per heavy atom. The molecule has 1 aliphatic carbocycles. The first-order valence-corrected chi connectivity index (χ1v) is 3.93. The highest BCUT2D eigenvalue weighted by Gasteiger charge is 2.34. The Labute approximate surface area is 66.4 Å². The van der Waals surface area contributed by atoms with Crippen LogP contribution in [-0.4, -0.2) is 4.98 Å². The van der Waals surface area contributed by atoms with Crippen molar-refractivity contribution in [3.63, 3.8) is 0 Å². The molecule has 2 rings (SSSR count). The predicted octanol–water partition coefficient (Wildman–Crippen LogP) is 1.22. The van der Waals surface area contributed by atoms with Crippen molar-refractivity contribution < 1.29 is 0 Å². The number of nitrogens with two attached hydrogens (primary N) is 1. The third-order valence-electron chi connectivity index (χ3n) is 2.39. The van der Waals surface area contributed by atoms with E-state index in [-0.39, 0.29) is 5.54 Å². The molecule has 0 bridgehead atoms. The number of pyridine rings is 1. The van der Waals surface area contributed by atoms with Gasteiger partial charge in [-0.25, -0.2) is 0 Å². The van der Waals surface area contributed by atoms with Gasteiger partial charge in [0.15, 0.2) is 0 Å². The summed E-state index contributed by atoms with van der Waals surface area (Å²) in [5, 5.41) is 0. The molecular formula is C9H11N2. The van der Waals surface area contributed by atoms with Gasteiger partial charge in [-0.2, -0.15) is 0 Å². The molecule has 1 radical (unpaired) electrons. The molecule has 0 aliphatic heterocycles. The standard InChI is InChI=1S/C9H11N2/c10-9(4-2-5-9)8-3-1-6-11-7-8/h1,3,6H,2,4-5,10H2. The van der Waals surface area contributed by atoms with Crippen LogP contribution >= 0.6 is 0 Å². The second kappa shape index (κ2) is 2.31. The van der Waals surface area contributed by atoms with Crippen LogP contribution in [0.5, 0.6) is 0 Å². The maximum absolute atomic E-state index is 6.05. The molecule has 0 atom stereocenters. The highest BCUT2D eigenvalue weighted by atomic mass is 14.8. The minimum absolute atomic E-state index is 0.103. The van der Waals surface area contributed by atoms with Crippen molar-refractivity contribution >= 4 is 0 Å². The van der Waals surface area contributed by atoms with Crippen LogP contribution in [0.2, 0.25) is 0 Å².